The summed E-state index contributed by atoms with van der Waals surface area (Å²) >= 11 is 7.26. The molecule has 0 saturated carbocycles. The van der Waals surface area contributed by atoms with Crippen molar-refractivity contribution in [2.24, 2.45) is 5.73 Å². The van der Waals surface area contributed by atoms with Crippen molar-refractivity contribution in [2.75, 3.05) is 5.75 Å². The first kappa shape index (κ1) is 16.2. The van der Waals surface area contributed by atoms with Gasteiger partial charge in [0.05, 0.1) is 0 Å². The molecule has 1 saturated heterocycles. The Bertz CT molecular complexity index is 732. The topological polar surface area (TPSA) is 67.3 Å². The van der Waals surface area contributed by atoms with Gasteiger partial charge in [0.15, 0.2) is 18.4 Å². The zero-order valence-corrected chi connectivity index (χ0v) is 14.2. The Labute approximate surface area is 143 Å². The van der Waals surface area contributed by atoms with E-state index in [1.807, 2.05) is 43.5 Å². The molecular formula is C16H17ClN3O2S+. The van der Waals surface area contributed by atoms with Crippen molar-refractivity contribution < 1.29 is 14.2 Å². The third-order valence-electron chi connectivity index (χ3n) is 4.01. The lowest BCUT2D eigenvalue weighted by molar-refractivity contribution is -0.693. The number of amides is 1. The monoisotopic (exact) mass is 350 g/mol. The van der Waals surface area contributed by atoms with E-state index in [-0.39, 0.29) is 17.0 Å². The molecule has 2 aliphatic heterocycles. The summed E-state index contributed by atoms with van der Waals surface area (Å²) in [7, 11) is 0. The van der Waals surface area contributed by atoms with Crippen LogP contribution in [0.25, 0.3) is 0 Å². The van der Waals surface area contributed by atoms with Crippen LogP contribution in [0.2, 0.25) is 0 Å². The molecule has 5 nitrogen and oxygen atoms in total. The summed E-state index contributed by atoms with van der Waals surface area (Å²) < 4.78 is 2.09. The molecule has 0 radical (unpaired) electrons. The Kier molecular flexibility index (Phi) is 4.57. The van der Waals surface area contributed by atoms with Crippen LogP contribution in [-0.4, -0.2) is 33.2 Å². The van der Waals surface area contributed by atoms with Gasteiger partial charge in [-0.25, -0.2) is 0 Å². The van der Waals surface area contributed by atoms with Crippen LogP contribution < -0.4 is 10.3 Å². The summed E-state index contributed by atoms with van der Waals surface area (Å²) in [6, 6.07) is 5.44. The van der Waals surface area contributed by atoms with Crippen molar-refractivity contribution in [1.82, 2.24) is 4.90 Å². The maximum Gasteiger partial charge on any atom is 0.269 e. The van der Waals surface area contributed by atoms with Crippen molar-refractivity contribution in [1.29, 1.82) is 0 Å². The molecule has 1 amide bonds. The number of allylic oxidation sites excluding steroid dienone is 3. The fraction of sp³-hybridized carbons (Fsp3) is 0.312. The molecule has 0 spiro atoms. The smallest absolute Gasteiger partial charge is 0.269 e. The van der Waals surface area contributed by atoms with Gasteiger partial charge in [-0.2, -0.15) is 4.57 Å². The van der Waals surface area contributed by atoms with E-state index in [9.17, 15) is 9.59 Å². The third kappa shape index (κ3) is 2.94. The van der Waals surface area contributed by atoms with Gasteiger partial charge in [0.1, 0.15) is 17.1 Å². The van der Waals surface area contributed by atoms with Crippen LogP contribution in [-0.2, 0) is 16.1 Å². The molecule has 1 aromatic heterocycles. The number of carbonyl (C=O) groups is 2. The summed E-state index contributed by atoms with van der Waals surface area (Å²) in [5.41, 5.74) is 7.94. The number of fused-ring (bicyclic) bond motifs is 1. The number of nitrogens with two attached hydrogens (primary N) is 1. The number of halogens is 1. The Morgan fingerprint density at radius 2 is 2.35 bits per heavy atom. The van der Waals surface area contributed by atoms with Gasteiger partial charge in [-0.05, 0) is 23.3 Å². The number of rotatable bonds is 4. The van der Waals surface area contributed by atoms with E-state index in [0.29, 0.717) is 12.3 Å². The molecule has 3 rings (SSSR count). The Balaban J connectivity index is 1.82. The number of pyridine rings is 1. The van der Waals surface area contributed by atoms with Crippen LogP contribution in [0.5, 0.6) is 0 Å². The largest absolute Gasteiger partial charge is 0.317 e. The highest BCUT2D eigenvalue weighted by Gasteiger charge is 2.51. The van der Waals surface area contributed by atoms with Crippen LogP contribution in [0.3, 0.4) is 0 Å². The average molecular weight is 351 g/mol. The number of aryl methyl sites for hydroxylation is 1. The third-order valence-corrected chi connectivity index (χ3v) is 5.52. The fourth-order valence-corrected chi connectivity index (χ4v) is 4.20. The Morgan fingerprint density at radius 1 is 1.57 bits per heavy atom. The van der Waals surface area contributed by atoms with Gasteiger partial charge in [-0.3, -0.25) is 14.5 Å². The van der Waals surface area contributed by atoms with Crippen molar-refractivity contribution in [3.05, 3.63) is 53.5 Å². The van der Waals surface area contributed by atoms with Gasteiger partial charge in [0.25, 0.3) is 5.24 Å². The van der Waals surface area contributed by atoms with Crippen molar-refractivity contribution in [2.45, 2.75) is 24.9 Å². The Hall–Kier alpha value is -1.63. The normalized spacial score (nSPS) is 24.0. The molecule has 2 aliphatic rings. The second-order valence-electron chi connectivity index (χ2n) is 5.48. The van der Waals surface area contributed by atoms with Crippen LogP contribution >= 0.6 is 23.4 Å². The second kappa shape index (κ2) is 6.47. The minimum Gasteiger partial charge on any atom is -0.317 e. The van der Waals surface area contributed by atoms with Crippen LogP contribution in [0, 0.1) is 6.92 Å². The second-order valence-corrected chi connectivity index (χ2v) is 6.93. The molecule has 120 valence electrons. The summed E-state index contributed by atoms with van der Waals surface area (Å²) in [5, 5.41) is -0.790. The predicted molar refractivity (Wildman–Crippen MR) is 89.5 cm³/mol. The van der Waals surface area contributed by atoms with Crippen molar-refractivity contribution in [3.8, 4) is 0 Å². The van der Waals surface area contributed by atoms with Crippen LogP contribution in [0.4, 0.5) is 0 Å². The SMILES string of the molecule is Cc1cccc[n+]1CC=CC1=C(C(=O)Cl)N2C(=O)[C@@H](N)[C@H]2SC1. The molecule has 3 heterocycles. The number of thioether (sulfide) groups is 1. The fourth-order valence-electron chi connectivity index (χ4n) is 2.72. The first-order chi connectivity index (χ1) is 11.0. The lowest BCUT2D eigenvalue weighted by Crippen LogP contribution is -2.68. The quantitative estimate of drug-likeness (QED) is 0.501. The highest BCUT2D eigenvalue weighted by Crippen LogP contribution is 2.40. The van der Waals surface area contributed by atoms with E-state index >= 15 is 0 Å². The van der Waals surface area contributed by atoms with Gasteiger partial charge < -0.3 is 5.73 Å². The van der Waals surface area contributed by atoms with Crippen LogP contribution in [0.1, 0.15) is 5.69 Å². The maximum atomic E-state index is 11.9. The van der Waals surface area contributed by atoms with Gasteiger partial charge in [-0.15, -0.1) is 11.8 Å². The highest BCUT2D eigenvalue weighted by molar-refractivity contribution is 8.00. The lowest BCUT2D eigenvalue weighted by atomic mass is 10.0. The van der Waals surface area contributed by atoms with Gasteiger partial charge in [-0.1, -0.05) is 12.1 Å². The van der Waals surface area contributed by atoms with Gasteiger partial charge in [0, 0.05) is 24.8 Å². The minimum absolute atomic E-state index is 0.178. The van der Waals surface area contributed by atoms with E-state index in [2.05, 4.69) is 4.57 Å². The molecule has 1 aromatic rings. The van der Waals surface area contributed by atoms with E-state index < -0.39 is 11.3 Å². The summed E-state index contributed by atoms with van der Waals surface area (Å²) in [6.07, 6.45) is 5.83. The van der Waals surface area contributed by atoms with Gasteiger partial charge in [0.2, 0.25) is 5.91 Å². The number of aromatic nitrogens is 1. The zero-order valence-electron chi connectivity index (χ0n) is 12.6. The van der Waals surface area contributed by atoms with Crippen LogP contribution in [0.15, 0.2) is 47.8 Å². The molecule has 23 heavy (non-hydrogen) atoms. The molecule has 2 N–H and O–H groups in total. The highest BCUT2D eigenvalue weighted by atomic mass is 35.5. The van der Waals surface area contributed by atoms with Gasteiger partial charge >= 0.3 is 0 Å². The van der Waals surface area contributed by atoms with E-state index in [1.54, 1.807) is 11.8 Å². The van der Waals surface area contributed by atoms with Crippen molar-refractivity contribution >= 4 is 34.5 Å². The molecule has 0 aliphatic carbocycles. The number of β-lactam (4-membered cyclic amide) rings is 1. The summed E-state index contributed by atoms with van der Waals surface area (Å²) in [6.45, 7) is 2.71. The number of hydrogen-bond acceptors (Lipinski definition) is 4. The molecule has 0 unspecified atom stereocenters. The Morgan fingerprint density at radius 3 is 3.04 bits per heavy atom. The lowest BCUT2D eigenvalue weighted by Gasteiger charge is -2.48. The minimum atomic E-state index is -0.612. The van der Waals surface area contributed by atoms with E-state index in [1.165, 1.54) is 4.90 Å². The maximum absolute atomic E-state index is 11.9. The molecule has 1 fully saturated rings. The summed E-state index contributed by atoms with van der Waals surface area (Å²) in [5.74, 6) is 0.371. The molecule has 0 aromatic carbocycles. The zero-order chi connectivity index (χ0) is 16.6. The standard InChI is InChI=1S/C16H17ClN3O2S/c1-10-5-2-3-7-19(10)8-4-6-11-9-23-16-12(18)15(22)20(16)13(11)14(17)21/h2-7,12,16H,8-9,18H2,1H3/q+1/t12-,16-/m1/s1. The molecule has 2 atom stereocenters. The number of nitrogens with zero attached hydrogens (tertiary/aromatic N) is 2. The first-order valence-corrected chi connectivity index (χ1v) is 8.68. The molecule has 0 bridgehead atoms. The summed E-state index contributed by atoms with van der Waals surface area (Å²) in [4.78, 5) is 25.1. The number of hydrogen-bond donors (Lipinski definition) is 1. The number of carbonyl (C=O) groups excluding carboxylic acids is 2. The average Bonchev–Trinajstić information content (AvgIpc) is 2.55. The molecular weight excluding hydrogens is 334 g/mol. The molecule has 7 heteroatoms. The van der Waals surface area contributed by atoms with E-state index in [4.69, 9.17) is 17.3 Å². The van der Waals surface area contributed by atoms with E-state index in [0.717, 1.165) is 11.3 Å². The van der Waals surface area contributed by atoms with Crippen molar-refractivity contribution in [3.63, 3.8) is 0 Å². The first-order valence-electron chi connectivity index (χ1n) is 7.25. The predicted octanol–water partition coefficient (Wildman–Crippen LogP) is 1.10.